The van der Waals surface area contributed by atoms with Crippen LogP contribution in [0.4, 0.5) is 19.0 Å². The predicted octanol–water partition coefficient (Wildman–Crippen LogP) is 3.25. The van der Waals surface area contributed by atoms with Crippen molar-refractivity contribution in [1.82, 2.24) is 20.4 Å². The van der Waals surface area contributed by atoms with Crippen molar-refractivity contribution < 1.29 is 41.0 Å². The van der Waals surface area contributed by atoms with E-state index in [2.05, 4.69) is 20.7 Å². The quantitative estimate of drug-likeness (QED) is 0.507. The van der Waals surface area contributed by atoms with E-state index in [-0.39, 0.29) is 35.9 Å². The lowest BCUT2D eigenvalue weighted by atomic mass is 10.00. The molecule has 2 aromatic rings. The van der Waals surface area contributed by atoms with Crippen LogP contribution in [-0.4, -0.2) is 67.4 Å². The Morgan fingerprint density at radius 2 is 1.86 bits per heavy atom. The van der Waals surface area contributed by atoms with E-state index in [9.17, 15) is 18.0 Å². The van der Waals surface area contributed by atoms with Crippen LogP contribution in [0.25, 0.3) is 0 Å². The molecule has 2 aliphatic rings. The van der Waals surface area contributed by atoms with Crippen LogP contribution in [0.5, 0.6) is 6.01 Å². The fraction of sp³-hybridized carbons (Fsp3) is 0.542. The summed E-state index contributed by atoms with van der Waals surface area (Å²) in [5, 5.41) is 4.62. The minimum atomic E-state index is -3.03. The second-order valence-corrected chi connectivity index (χ2v) is 8.54. The number of carbonyl (C=O) groups excluding carboxylic acids is 1. The number of nitrogens with zero attached hydrogens (tertiary/aromatic N) is 3. The number of nitrogens with one attached hydrogen (secondary N) is 2. The summed E-state index contributed by atoms with van der Waals surface area (Å²) in [6.45, 7) is 5.28. The first-order valence-corrected chi connectivity index (χ1v) is 11.7. The van der Waals surface area contributed by atoms with Crippen LogP contribution in [0.3, 0.4) is 0 Å². The van der Waals surface area contributed by atoms with Crippen LogP contribution in [-0.2, 0) is 19.0 Å². The number of aromatic nitrogens is 2. The molecule has 202 valence electrons. The highest BCUT2D eigenvalue weighted by molar-refractivity contribution is 5.83. The summed E-state index contributed by atoms with van der Waals surface area (Å²) in [5.74, 6) is -2.62. The van der Waals surface area contributed by atoms with Gasteiger partial charge in [-0.1, -0.05) is 18.2 Å². The van der Waals surface area contributed by atoms with Gasteiger partial charge >= 0.3 is 6.01 Å². The zero-order chi connectivity index (χ0) is 29.0. The first kappa shape index (κ1) is 23.1. The summed E-state index contributed by atoms with van der Waals surface area (Å²) in [6.07, 6.45) is -4.08. The summed E-state index contributed by atoms with van der Waals surface area (Å²) in [5.41, 5.74) is 2.15. The normalized spacial score (nSPS) is 20.1. The summed E-state index contributed by atoms with van der Waals surface area (Å²) < 4.78 is 85.7. The van der Waals surface area contributed by atoms with Gasteiger partial charge in [0, 0.05) is 18.7 Å². The lowest BCUT2D eigenvalue weighted by molar-refractivity contribution is -0.129. The summed E-state index contributed by atoms with van der Waals surface area (Å²) in [4.78, 5) is 21.7. The van der Waals surface area contributed by atoms with Gasteiger partial charge in [-0.05, 0) is 13.8 Å². The zero-order valence-electron chi connectivity index (χ0n) is 23.3. The lowest BCUT2D eigenvalue weighted by Gasteiger charge is -2.29. The van der Waals surface area contributed by atoms with Gasteiger partial charge in [0.15, 0.2) is 6.29 Å². The van der Waals surface area contributed by atoms with Crippen LogP contribution >= 0.6 is 0 Å². The Balaban J connectivity index is 1.76. The second-order valence-electron chi connectivity index (χ2n) is 8.54. The SMILES string of the molecule is [2H]C([2H])([2H])Oc1nc(N[C@H](C)c2cccc(C(F)F)c2F)c(C2OCCO2)c(C(C)C(=O)NN2CCOCC2)n1. The molecule has 1 amide bonds. The molecule has 1 aromatic carbocycles. The highest BCUT2D eigenvalue weighted by Crippen LogP contribution is 2.37. The second kappa shape index (κ2) is 12.0. The van der Waals surface area contributed by atoms with E-state index in [0.717, 1.165) is 6.07 Å². The molecule has 2 aliphatic heterocycles. The Kier molecular flexibility index (Phi) is 7.52. The van der Waals surface area contributed by atoms with Gasteiger partial charge in [0.2, 0.25) is 5.91 Å². The molecule has 2 saturated heterocycles. The van der Waals surface area contributed by atoms with Crippen molar-refractivity contribution in [3.63, 3.8) is 0 Å². The highest BCUT2D eigenvalue weighted by atomic mass is 19.3. The molecule has 2 N–H and O–H groups in total. The van der Waals surface area contributed by atoms with E-state index in [4.69, 9.17) is 23.1 Å². The molecule has 37 heavy (non-hydrogen) atoms. The minimum Gasteiger partial charge on any atom is -0.467 e. The number of carbonyl (C=O) groups is 1. The van der Waals surface area contributed by atoms with Crippen LogP contribution in [0.15, 0.2) is 18.2 Å². The number of halogens is 3. The van der Waals surface area contributed by atoms with Crippen molar-refractivity contribution in [2.45, 2.75) is 38.5 Å². The number of hydrogen-bond acceptors (Lipinski definition) is 9. The number of benzene rings is 1. The molecule has 0 radical (unpaired) electrons. The number of methoxy groups -OCH3 is 1. The van der Waals surface area contributed by atoms with Crippen LogP contribution in [0.1, 0.15) is 65.0 Å². The van der Waals surface area contributed by atoms with E-state index in [1.165, 1.54) is 19.1 Å². The van der Waals surface area contributed by atoms with E-state index < -0.39 is 55.0 Å². The summed E-state index contributed by atoms with van der Waals surface area (Å²) in [7, 11) is -2.93. The van der Waals surface area contributed by atoms with Gasteiger partial charge in [-0.2, -0.15) is 9.97 Å². The number of amides is 1. The van der Waals surface area contributed by atoms with Gasteiger partial charge in [0.25, 0.3) is 6.43 Å². The number of anilines is 1. The standard InChI is InChI=1S/C24H30F3N5O5/c1-13(22(33)31-32-7-9-35-10-8-32)19-17(23-36-11-12-37-23)21(30-24(29-19)34-3)28-14(2)15-5-4-6-16(18(15)25)20(26)27/h4-6,13-14,20,23H,7-12H2,1-3H3,(H,31,33)(H,28,29,30)/t13?,14-/m1/s1/i3D3. The smallest absolute Gasteiger partial charge is 0.318 e. The Bertz CT molecular complexity index is 1200. The van der Waals surface area contributed by atoms with Crippen molar-refractivity contribution >= 4 is 11.7 Å². The van der Waals surface area contributed by atoms with Crippen molar-refractivity contribution in [3.05, 3.63) is 46.4 Å². The minimum absolute atomic E-state index is 0.0448. The fourth-order valence-electron chi connectivity index (χ4n) is 4.11. The van der Waals surface area contributed by atoms with Gasteiger partial charge in [-0.3, -0.25) is 10.2 Å². The van der Waals surface area contributed by atoms with Crippen LogP contribution in [0.2, 0.25) is 0 Å². The Morgan fingerprint density at radius 3 is 2.54 bits per heavy atom. The first-order valence-electron chi connectivity index (χ1n) is 13.2. The average Bonchev–Trinajstić information content (AvgIpc) is 3.42. The van der Waals surface area contributed by atoms with Crippen LogP contribution in [0, 0.1) is 5.82 Å². The van der Waals surface area contributed by atoms with Crippen molar-refractivity contribution in [2.24, 2.45) is 0 Å². The third-order valence-corrected chi connectivity index (χ3v) is 6.10. The Morgan fingerprint density at radius 1 is 1.16 bits per heavy atom. The molecule has 2 fully saturated rings. The zero-order valence-corrected chi connectivity index (χ0v) is 20.3. The van der Waals surface area contributed by atoms with Gasteiger partial charge in [0.1, 0.15) is 11.6 Å². The molecule has 2 atom stereocenters. The van der Waals surface area contributed by atoms with E-state index in [0.29, 0.717) is 26.3 Å². The van der Waals surface area contributed by atoms with Gasteiger partial charge in [0.05, 0.1) is 66.4 Å². The monoisotopic (exact) mass is 528 g/mol. The number of hydrazine groups is 1. The molecule has 0 saturated carbocycles. The Labute approximate surface area is 216 Å². The third-order valence-electron chi connectivity index (χ3n) is 6.10. The number of rotatable bonds is 9. The van der Waals surface area contributed by atoms with Gasteiger partial charge in [-0.15, -0.1) is 0 Å². The maximum absolute atomic E-state index is 14.9. The van der Waals surface area contributed by atoms with Crippen LogP contribution < -0.4 is 15.5 Å². The van der Waals surface area contributed by atoms with Gasteiger partial charge in [-0.25, -0.2) is 18.2 Å². The van der Waals surface area contributed by atoms with Crippen molar-refractivity contribution in [3.8, 4) is 6.01 Å². The number of ether oxygens (including phenoxy) is 4. The van der Waals surface area contributed by atoms with Crippen molar-refractivity contribution in [2.75, 3.05) is 51.9 Å². The topological polar surface area (TPSA) is 107 Å². The molecule has 0 aliphatic carbocycles. The predicted molar refractivity (Wildman–Crippen MR) is 126 cm³/mol. The van der Waals surface area contributed by atoms with E-state index >= 15 is 0 Å². The molecule has 0 spiro atoms. The molecule has 13 heteroatoms. The van der Waals surface area contributed by atoms with Gasteiger partial charge < -0.3 is 24.3 Å². The largest absolute Gasteiger partial charge is 0.467 e. The molecular formula is C24H30F3N5O5. The fourth-order valence-corrected chi connectivity index (χ4v) is 4.11. The first-order chi connectivity index (χ1) is 18.9. The maximum Gasteiger partial charge on any atom is 0.318 e. The number of morpholine rings is 1. The summed E-state index contributed by atoms with van der Waals surface area (Å²) in [6, 6.07) is 2.09. The molecule has 1 aromatic heterocycles. The molecule has 0 bridgehead atoms. The van der Waals surface area contributed by atoms with Crippen molar-refractivity contribution in [1.29, 1.82) is 0 Å². The third kappa shape index (κ3) is 6.12. The maximum atomic E-state index is 14.9. The summed E-state index contributed by atoms with van der Waals surface area (Å²) >= 11 is 0. The lowest BCUT2D eigenvalue weighted by Crippen LogP contribution is -2.49. The molecule has 1 unspecified atom stereocenters. The highest BCUT2D eigenvalue weighted by Gasteiger charge is 2.33. The number of alkyl halides is 2. The molecule has 3 heterocycles. The Hall–Kier alpha value is -3.00. The molecule has 4 rings (SSSR count). The van der Waals surface area contributed by atoms with E-state index in [1.54, 1.807) is 11.9 Å². The average molecular weight is 529 g/mol. The molecular weight excluding hydrogens is 495 g/mol. The molecule has 10 nitrogen and oxygen atoms in total. The van der Waals surface area contributed by atoms with E-state index in [1.807, 2.05) is 0 Å². The number of hydrogen-bond donors (Lipinski definition) is 2.